The molecule has 2 aromatic carbocycles. The molecular formula is C21H21N5O2. The Morgan fingerprint density at radius 2 is 1.89 bits per heavy atom. The normalized spacial score (nSPS) is 12.3. The van der Waals surface area contributed by atoms with E-state index in [1.165, 1.54) is 0 Å². The van der Waals surface area contributed by atoms with E-state index in [1.807, 2.05) is 38.2 Å². The minimum absolute atomic E-state index is 0.153. The van der Waals surface area contributed by atoms with Crippen LogP contribution in [0, 0.1) is 6.92 Å². The Labute approximate surface area is 162 Å². The lowest BCUT2D eigenvalue weighted by molar-refractivity contribution is 0.102. The first kappa shape index (κ1) is 17.8. The van der Waals surface area contributed by atoms with Crippen LogP contribution in [0.25, 0.3) is 0 Å². The Bertz CT molecular complexity index is 1060. The van der Waals surface area contributed by atoms with Crippen molar-refractivity contribution in [2.24, 2.45) is 0 Å². The van der Waals surface area contributed by atoms with Gasteiger partial charge in [0.25, 0.3) is 5.91 Å². The van der Waals surface area contributed by atoms with Crippen LogP contribution in [0.2, 0.25) is 0 Å². The van der Waals surface area contributed by atoms with Gasteiger partial charge in [0.1, 0.15) is 17.1 Å². The van der Waals surface area contributed by atoms with E-state index in [4.69, 9.17) is 0 Å². The second kappa shape index (κ2) is 7.21. The molecule has 0 radical (unpaired) electrons. The molecule has 7 heteroatoms. The molecule has 28 heavy (non-hydrogen) atoms. The lowest BCUT2D eigenvalue weighted by atomic mass is 10.1. The number of aromatic nitrogens is 1. The summed E-state index contributed by atoms with van der Waals surface area (Å²) in [5.41, 5.74) is 5.24. The number of pyridine rings is 1. The van der Waals surface area contributed by atoms with E-state index in [0.29, 0.717) is 29.3 Å². The number of carbonyl (C=O) groups excluding carboxylic acids is 1. The van der Waals surface area contributed by atoms with Crippen LogP contribution in [0.15, 0.2) is 48.7 Å². The summed E-state index contributed by atoms with van der Waals surface area (Å²) in [6.07, 6.45) is 1.64. The second-order valence-electron chi connectivity index (χ2n) is 6.70. The fraction of sp³-hybridized carbons (Fsp3) is 0.143. The van der Waals surface area contributed by atoms with Crippen molar-refractivity contribution in [3.05, 3.63) is 65.4 Å². The first-order chi connectivity index (χ1) is 13.5. The monoisotopic (exact) mass is 375 g/mol. The number of anilines is 5. The highest BCUT2D eigenvalue weighted by atomic mass is 16.3. The molecule has 3 aromatic rings. The van der Waals surface area contributed by atoms with Gasteiger partial charge in [-0.15, -0.1) is 0 Å². The van der Waals surface area contributed by atoms with Crippen LogP contribution >= 0.6 is 0 Å². The number of rotatable bonds is 4. The summed E-state index contributed by atoms with van der Waals surface area (Å²) in [4.78, 5) is 17.4. The molecule has 5 N–H and O–H groups in total. The lowest BCUT2D eigenvalue weighted by Crippen LogP contribution is -2.14. The quantitative estimate of drug-likeness (QED) is 0.475. The van der Waals surface area contributed by atoms with Gasteiger partial charge in [0, 0.05) is 24.5 Å². The number of benzene rings is 2. The van der Waals surface area contributed by atoms with Crippen LogP contribution in [0.4, 0.5) is 28.6 Å². The maximum Gasteiger partial charge on any atom is 0.261 e. The highest BCUT2D eigenvalue weighted by molar-refractivity contribution is 6.15. The molecule has 1 aliphatic heterocycles. The zero-order chi connectivity index (χ0) is 19.7. The van der Waals surface area contributed by atoms with E-state index in [0.717, 1.165) is 22.5 Å². The number of carbonyl (C=O) groups is 1. The second-order valence-corrected chi connectivity index (χ2v) is 6.70. The largest absolute Gasteiger partial charge is 0.508 e. The van der Waals surface area contributed by atoms with E-state index in [1.54, 1.807) is 24.4 Å². The van der Waals surface area contributed by atoms with Gasteiger partial charge in [-0.25, -0.2) is 4.98 Å². The summed E-state index contributed by atoms with van der Waals surface area (Å²) >= 11 is 0. The number of phenolic OH excluding ortho intramolecular Hbond substituents is 1. The Morgan fingerprint density at radius 3 is 2.71 bits per heavy atom. The molecule has 1 amide bonds. The average Bonchev–Trinajstić information content (AvgIpc) is 2.81. The number of aryl methyl sites for hydroxylation is 1. The lowest BCUT2D eigenvalue weighted by Gasteiger charge is -2.14. The van der Waals surface area contributed by atoms with Gasteiger partial charge in [0.05, 0.1) is 17.1 Å². The van der Waals surface area contributed by atoms with Gasteiger partial charge in [-0.1, -0.05) is 12.1 Å². The summed E-state index contributed by atoms with van der Waals surface area (Å²) in [5, 5.41) is 22.4. The van der Waals surface area contributed by atoms with E-state index >= 15 is 0 Å². The van der Waals surface area contributed by atoms with Crippen molar-refractivity contribution < 1.29 is 9.90 Å². The highest BCUT2D eigenvalue weighted by Gasteiger charge is 2.24. The average molecular weight is 375 g/mol. The number of hydrogen-bond acceptors (Lipinski definition) is 6. The molecule has 4 rings (SSSR count). The molecule has 1 aliphatic rings. The van der Waals surface area contributed by atoms with Gasteiger partial charge in [0.2, 0.25) is 0 Å². The van der Waals surface area contributed by atoms with Crippen LogP contribution in [-0.2, 0) is 6.54 Å². The molecule has 7 nitrogen and oxygen atoms in total. The minimum Gasteiger partial charge on any atom is -0.508 e. The van der Waals surface area contributed by atoms with Crippen molar-refractivity contribution in [3.63, 3.8) is 0 Å². The Hall–Kier alpha value is -3.58. The predicted molar refractivity (Wildman–Crippen MR) is 111 cm³/mol. The van der Waals surface area contributed by atoms with Crippen LogP contribution < -0.4 is 21.3 Å². The van der Waals surface area contributed by atoms with Gasteiger partial charge in [-0.05, 0) is 49.4 Å². The fourth-order valence-electron chi connectivity index (χ4n) is 3.21. The maximum absolute atomic E-state index is 13.0. The van der Waals surface area contributed by atoms with Gasteiger partial charge < -0.3 is 26.4 Å². The number of nitrogens with one attached hydrogen (secondary N) is 4. The number of fused-ring (bicyclic) bond motifs is 2. The van der Waals surface area contributed by atoms with Crippen molar-refractivity contribution in [1.82, 2.24) is 10.3 Å². The fourth-order valence-corrected chi connectivity index (χ4v) is 3.21. The van der Waals surface area contributed by atoms with Crippen molar-refractivity contribution in [2.75, 3.05) is 23.0 Å². The Kier molecular flexibility index (Phi) is 4.58. The third-order valence-electron chi connectivity index (χ3n) is 4.63. The molecule has 2 heterocycles. The third kappa shape index (κ3) is 3.35. The van der Waals surface area contributed by atoms with E-state index < -0.39 is 0 Å². The molecule has 0 fully saturated rings. The number of hydrogen-bond donors (Lipinski definition) is 5. The number of aromatic hydroxyl groups is 1. The summed E-state index contributed by atoms with van der Waals surface area (Å²) < 4.78 is 0. The smallest absolute Gasteiger partial charge is 0.261 e. The number of nitrogens with zero attached hydrogens (tertiary/aromatic N) is 1. The summed E-state index contributed by atoms with van der Waals surface area (Å²) in [7, 11) is 1.88. The van der Waals surface area contributed by atoms with Crippen molar-refractivity contribution in [1.29, 1.82) is 0 Å². The van der Waals surface area contributed by atoms with Gasteiger partial charge in [-0.2, -0.15) is 0 Å². The number of amides is 1. The summed E-state index contributed by atoms with van der Waals surface area (Å²) in [5.74, 6) is 0.372. The summed E-state index contributed by atoms with van der Waals surface area (Å²) in [6.45, 7) is 2.64. The Morgan fingerprint density at radius 1 is 1.04 bits per heavy atom. The van der Waals surface area contributed by atoms with Crippen LogP contribution in [0.3, 0.4) is 0 Å². The maximum atomic E-state index is 13.0. The van der Waals surface area contributed by atoms with Crippen molar-refractivity contribution in [2.45, 2.75) is 13.5 Å². The van der Waals surface area contributed by atoms with Gasteiger partial charge in [0.15, 0.2) is 0 Å². The molecule has 0 saturated heterocycles. The molecule has 142 valence electrons. The zero-order valence-electron chi connectivity index (χ0n) is 15.6. The van der Waals surface area contributed by atoms with E-state index in [-0.39, 0.29) is 11.7 Å². The molecule has 0 spiro atoms. The van der Waals surface area contributed by atoms with Crippen LogP contribution in [0.5, 0.6) is 5.75 Å². The minimum atomic E-state index is -0.253. The van der Waals surface area contributed by atoms with Crippen molar-refractivity contribution in [3.8, 4) is 5.75 Å². The summed E-state index contributed by atoms with van der Waals surface area (Å²) in [6, 6.07) is 12.7. The molecule has 1 aromatic heterocycles. The third-order valence-corrected chi connectivity index (χ3v) is 4.63. The molecule has 0 bridgehead atoms. The predicted octanol–water partition coefficient (Wildman–Crippen LogP) is 3.87. The van der Waals surface area contributed by atoms with Gasteiger partial charge in [-0.3, -0.25) is 4.79 Å². The van der Waals surface area contributed by atoms with E-state index in [2.05, 4.69) is 26.3 Å². The first-order valence-electron chi connectivity index (χ1n) is 8.96. The zero-order valence-corrected chi connectivity index (χ0v) is 15.6. The highest BCUT2D eigenvalue weighted by Crippen LogP contribution is 2.36. The molecular weight excluding hydrogens is 354 g/mol. The van der Waals surface area contributed by atoms with Crippen LogP contribution in [-0.4, -0.2) is 23.0 Å². The first-order valence-corrected chi connectivity index (χ1v) is 8.96. The van der Waals surface area contributed by atoms with E-state index in [9.17, 15) is 9.90 Å². The topological polar surface area (TPSA) is 98.3 Å². The molecule has 0 aliphatic carbocycles. The van der Waals surface area contributed by atoms with Crippen LogP contribution in [0.1, 0.15) is 21.5 Å². The molecule has 0 saturated carbocycles. The van der Waals surface area contributed by atoms with Gasteiger partial charge >= 0.3 is 0 Å². The standard InChI is InChI=1S/C21H21N5O2/c1-12-3-5-14(27)10-17(12)24-16-7-8-23-20-19(16)21(28)26-18-9-13(11-22-2)4-6-15(18)25-20/h3-10,22,27H,11H2,1-2H3,(H,26,28)(H2,23,24,25). The SMILES string of the molecule is CNCc1ccc2c(c1)NC(=O)c1c(Nc3cc(O)ccc3C)ccnc1N2. The van der Waals surface area contributed by atoms with Crippen molar-refractivity contribution >= 4 is 34.5 Å². The molecule has 0 unspecified atom stereocenters. The molecule has 0 atom stereocenters. The Balaban J connectivity index is 1.73. The number of phenols is 1.